The summed E-state index contributed by atoms with van der Waals surface area (Å²) in [5, 5.41) is 3.84. The lowest BCUT2D eigenvalue weighted by Crippen LogP contribution is -2.27. The van der Waals surface area contributed by atoms with Gasteiger partial charge in [-0.1, -0.05) is 41.5 Å². The van der Waals surface area contributed by atoms with Crippen LogP contribution in [0.25, 0.3) is 10.9 Å². The summed E-state index contributed by atoms with van der Waals surface area (Å²) in [5.41, 5.74) is 0.718. The number of benzene rings is 1. The summed E-state index contributed by atoms with van der Waals surface area (Å²) in [5.74, 6) is 0.0195. The summed E-state index contributed by atoms with van der Waals surface area (Å²) in [6.45, 7) is 11.3. The van der Waals surface area contributed by atoms with Gasteiger partial charge < -0.3 is 5.32 Å². The van der Waals surface area contributed by atoms with E-state index in [1.807, 2.05) is 65.8 Å². The molecule has 1 aromatic heterocycles. The Morgan fingerprint density at radius 3 is 2.14 bits per heavy atom. The molecule has 1 N–H and O–H groups in total. The summed E-state index contributed by atoms with van der Waals surface area (Å²) in [4.78, 5) is 24.5. The summed E-state index contributed by atoms with van der Waals surface area (Å²) >= 11 is 0. The highest BCUT2D eigenvalue weighted by atomic mass is 16.2. The second kappa shape index (κ2) is 5.27. The SMILES string of the molecule is CC(C)(C)C(=O)Nc1ccc2c(ccn2C(=O)C(C)(C)C)c1. The van der Waals surface area contributed by atoms with Gasteiger partial charge in [-0.25, -0.2) is 0 Å². The van der Waals surface area contributed by atoms with Crippen molar-refractivity contribution in [2.24, 2.45) is 10.8 Å². The molecule has 0 aliphatic rings. The third-order valence-electron chi connectivity index (χ3n) is 3.49. The van der Waals surface area contributed by atoms with Crippen molar-refractivity contribution in [2.75, 3.05) is 5.32 Å². The molecule has 0 saturated carbocycles. The molecule has 0 saturated heterocycles. The van der Waals surface area contributed by atoms with Gasteiger partial charge in [0, 0.05) is 28.1 Å². The fourth-order valence-corrected chi connectivity index (χ4v) is 2.08. The Bertz CT molecular complexity index is 728. The van der Waals surface area contributed by atoms with Gasteiger partial charge in [0.15, 0.2) is 0 Å². The molecule has 118 valence electrons. The zero-order valence-corrected chi connectivity index (χ0v) is 14.2. The number of anilines is 1. The number of nitrogens with one attached hydrogen (secondary N) is 1. The Hall–Kier alpha value is -2.10. The number of nitrogens with zero attached hydrogens (tertiary/aromatic N) is 1. The normalized spacial score (nSPS) is 12.5. The van der Waals surface area contributed by atoms with Crippen LogP contribution in [0.3, 0.4) is 0 Å². The van der Waals surface area contributed by atoms with Crippen LogP contribution in [0.4, 0.5) is 5.69 Å². The van der Waals surface area contributed by atoms with Gasteiger partial charge in [0.1, 0.15) is 0 Å². The first-order valence-electron chi connectivity index (χ1n) is 7.47. The second-order valence-electron chi connectivity index (χ2n) is 7.72. The molecule has 0 aliphatic heterocycles. The Labute approximate surface area is 131 Å². The highest BCUT2D eigenvalue weighted by molar-refractivity contribution is 5.99. The summed E-state index contributed by atoms with van der Waals surface area (Å²) < 4.78 is 1.67. The number of aromatic nitrogens is 1. The van der Waals surface area contributed by atoms with E-state index in [0.29, 0.717) is 0 Å². The fraction of sp³-hybridized carbons (Fsp3) is 0.444. The van der Waals surface area contributed by atoms with Crippen molar-refractivity contribution < 1.29 is 9.59 Å². The van der Waals surface area contributed by atoms with Crippen LogP contribution >= 0.6 is 0 Å². The van der Waals surface area contributed by atoms with Gasteiger partial charge in [-0.3, -0.25) is 14.2 Å². The number of hydrogen-bond donors (Lipinski definition) is 1. The molecule has 1 heterocycles. The first kappa shape index (κ1) is 16.3. The average Bonchev–Trinajstić information content (AvgIpc) is 2.78. The number of rotatable bonds is 1. The lowest BCUT2D eigenvalue weighted by atomic mass is 9.95. The summed E-state index contributed by atoms with van der Waals surface area (Å²) in [6.07, 6.45) is 1.79. The maximum Gasteiger partial charge on any atom is 0.236 e. The minimum Gasteiger partial charge on any atom is -0.326 e. The molecule has 0 unspecified atom stereocenters. The summed E-state index contributed by atoms with van der Waals surface area (Å²) in [6, 6.07) is 7.49. The maximum atomic E-state index is 12.4. The van der Waals surface area contributed by atoms with Gasteiger partial charge >= 0.3 is 0 Å². The lowest BCUT2D eigenvalue weighted by molar-refractivity contribution is -0.123. The molecule has 0 spiro atoms. The molecule has 2 rings (SSSR count). The van der Waals surface area contributed by atoms with Crippen molar-refractivity contribution in [3.8, 4) is 0 Å². The van der Waals surface area contributed by atoms with E-state index in [9.17, 15) is 9.59 Å². The molecule has 22 heavy (non-hydrogen) atoms. The van der Waals surface area contributed by atoms with Crippen molar-refractivity contribution in [1.29, 1.82) is 0 Å². The molecule has 4 nitrogen and oxygen atoms in total. The van der Waals surface area contributed by atoms with E-state index in [-0.39, 0.29) is 11.8 Å². The maximum absolute atomic E-state index is 12.4. The van der Waals surface area contributed by atoms with Crippen molar-refractivity contribution in [3.63, 3.8) is 0 Å². The van der Waals surface area contributed by atoms with E-state index in [2.05, 4.69) is 5.32 Å². The first-order chi connectivity index (χ1) is 10.00. The van der Waals surface area contributed by atoms with Crippen LogP contribution in [0, 0.1) is 10.8 Å². The molecule has 0 aliphatic carbocycles. The van der Waals surface area contributed by atoms with Crippen LogP contribution in [0.2, 0.25) is 0 Å². The number of amides is 1. The first-order valence-corrected chi connectivity index (χ1v) is 7.47. The highest BCUT2D eigenvalue weighted by Crippen LogP contribution is 2.25. The largest absolute Gasteiger partial charge is 0.326 e. The van der Waals surface area contributed by atoms with Crippen LogP contribution in [0.1, 0.15) is 46.3 Å². The predicted octanol–water partition coefficient (Wildman–Crippen LogP) is 4.31. The van der Waals surface area contributed by atoms with Gasteiger partial charge in [-0.05, 0) is 24.3 Å². The van der Waals surface area contributed by atoms with Gasteiger partial charge in [0.2, 0.25) is 11.8 Å². The lowest BCUT2D eigenvalue weighted by Gasteiger charge is -2.19. The van der Waals surface area contributed by atoms with Crippen molar-refractivity contribution >= 4 is 28.4 Å². The summed E-state index contributed by atoms with van der Waals surface area (Å²) in [7, 11) is 0. The van der Waals surface area contributed by atoms with Crippen molar-refractivity contribution in [3.05, 3.63) is 30.5 Å². The molecule has 2 aromatic rings. The number of fused-ring (bicyclic) bond motifs is 1. The molecule has 1 amide bonds. The third-order valence-corrected chi connectivity index (χ3v) is 3.49. The molecular formula is C18H24N2O2. The third kappa shape index (κ3) is 3.21. The minimum absolute atomic E-state index is 0.0305. The second-order valence-corrected chi connectivity index (χ2v) is 7.72. The molecule has 0 atom stereocenters. The van der Waals surface area contributed by atoms with Gasteiger partial charge in [-0.2, -0.15) is 0 Å². The molecule has 0 radical (unpaired) electrons. The van der Waals surface area contributed by atoms with E-state index in [1.54, 1.807) is 10.8 Å². The fourth-order valence-electron chi connectivity index (χ4n) is 2.08. The van der Waals surface area contributed by atoms with Crippen LogP contribution in [-0.2, 0) is 4.79 Å². The standard InChI is InChI=1S/C18H24N2O2/c1-17(2,3)15(21)19-13-7-8-14-12(11-13)9-10-20(14)16(22)18(4,5)6/h7-11H,1-6H3,(H,19,21). The van der Waals surface area contributed by atoms with Crippen molar-refractivity contribution in [1.82, 2.24) is 4.57 Å². The van der Waals surface area contributed by atoms with E-state index >= 15 is 0 Å². The molecular weight excluding hydrogens is 276 g/mol. The monoisotopic (exact) mass is 300 g/mol. The zero-order chi connectivity index (χ0) is 16.7. The topological polar surface area (TPSA) is 51.1 Å². The molecule has 0 bridgehead atoms. The van der Waals surface area contributed by atoms with Crippen LogP contribution in [-0.4, -0.2) is 16.4 Å². The Balaban J connectivity index is 2.35. The van der Waals surface area contributed by atoms with E-state index in [4.69, 9.17) is 0 Å². The molecule has 0 fully saturated rings. The number of carbonyl (C=O) groups is 2. The van der Waals surface area contributed by atoms with E-state index in [0.717, 1.165) is 16.6 Å². The Morgan fingerprint density at radius 2 is 1.59 bits per heavy atom. The zero-order valence-electron chi connectivity index (χ0n) is 14.2. The Morgan fingerprint density at radius 1 is 0.955 bits per heavy atom. The minimum atomic E-state index is -0.441. The van der Waals surface area contributed by atoms with E-state index < -0.39 is 10.8 Å². The number of hydrogen-bond acceptors (Lipinski definition) is 2. The van der Waals surface area contributed by atoms with Gasteiger partial charge in [0.05, 0.1) is 5.52 Å². The van der Waals surface area contributed by atoms with Crippen LogP contribution in [0.15, 0.2) is 30.5 Å². The quantitative estimate of drug-likeness (QED) is 0.853. The Kier molecular flexibility index (Phi) is 3.90. The number of carbonyl (C=O) groups excluding carboxylic acids is 2. The van der Waals surface area contributed by atoms with Crippen molar-refractivity contribution in [2.45, 2.75) is 41.5 Å². The van der Waals surface area contributed by atoms with Crippen LogP contribution in [0.5, 0.6) is 0 Å². The van der Waals surface area contributed by atoms with Gasteiger partial charge in [-0.15, -0.1) is 0 Å². The van der Waals surface area contributed by atoms with E-state index in [1.165, 1.54) is 0 Å². The predicted molar refractivity (Wildman–Crippen MR) is 90.1 cm³/mol. The smallest absolute Gasteiger partial charge is 0.236 e. The average molecular weight is 300 g/mol. The van der Waals surface area contributed by atoms with Gasteiger partial charge in [0.25, 0.3) is 0 Å². The molecule has 4 heteroatoms. The van der Waals surface area contributed by atoms with Crippen LogP contribution < -0.4 is 5.32 Å². The highest BCUT2D eigenvalue weighted by Gasteiger charge is 2.24. The molecule has 1 aromatic carbocycles.